The van der Waals surface area contributed by atoms with Crippen LogP contribution >= 0.6 is 0 Å². The Hall–Kier alpha value is -2.36. The molecule has 0 aliphatic carbocycles. The van der Waals surface area contributed by atoms with Crippen LogP contribution in [0.4, 0.5) is 0 Å². The van der Waals surface area contributed by atoms with Crippen molar-refractivity contribution >= 4 is 11.8 Å². The number of carbonyl (C=O) groups excluding carboxylic acids is 2. The predicted octanol–water partition coefficient (Wildman–Crippen LogP) is 3.43. The number of aryl methyl sites for hydroxylation is 1. The molecule has 124 valence electrons. The number of hydrogen-bond acceptors (Lipinski definition) is 2. The first kappa shape index (κ1) is 18.7. The monoisotopic (exact) mass is 314 g/mol. The fraction of sp³-hybridized carbons (Fsp3) is 0.368. The van der Waals surface area contributed by atoms with Crippen LogP contribution in [0.15, 0.2) is 35.4 Å². The first-order chi connectivity index (χ1) is 10.7. The Bertz CT molecular complexity index is 666. The van der Waals surface area contributed by atoms with Crippen molar-refractivity contribution in [3.05, 3.63) is 57.7 Å². The van der Waals surface area contributed by atoms with Crippen molar-refractivity contribution in [3.63, 3.8) is 0 Å². The molecular formula is C19H26N2O2. The van der Waals surface area contributed by atoms with Gasteiger partial charge in [-0.2, -0.15) is 0 Å². The molecule has 0 spiro atoms. The van der Waals surface area contributed by atoms with E-state index in [-0.39, 0.29) is 11.1 Å². The van der Waals surface area contributed by atoms with Crippen LogP contribution in [0.25, 0.3) is 0 Å². The molecule has 1 aromatic rings. The molecule has 0 fully saturated rings. The molecule has 2 amide bonds. The highest BCUT2D eigenvalue weighted by Crippen LogP contribution is 2.21. The lowest BCUT2D eigenvalue weighted by Crippen LogP contribution is -2.23. The van der Waals surface area contributed by atoms with Crippen LogP contribution in [0.1, 0.15) is 65.5 Å². The predicted molar refractivity (Wildman–Crippen MR) is 94.3 cm³/mol. The summed E-state index contributed by atoms with van der Waals surface area (Å²) in [4.78, 5) is 23.3. The molecule has 0 aliphatic rings. The van der Waals surface area contributed by atoms with Crippen molar-refractivity contribution in [2.24, 2.45) is 11.5 Å². The summed E-state index contributed by atoms with van der Waals surface area (Å²) in [6.45, 7) is 8.13. The Morgan fingerprint density at radius 3 is 2.22 bits per heavy atom. The zero-order valence-electron chi connectivity index (χ0n) is 14.4. The van der Waals surface area contributed by atoms with Gasteiger partial charge in [0.15, 0.2) is 0 Å². The average molecular weight is 314 g/mol. The van der Waals surface area contributed by atoms with E-state index in [9.17, 15) is 9.59 Å². The van der Waals surface area contributed by atoms with Gasteiger partial charge in [0.1, 0.15) is 0 Å². The lowest BCUT2D eigenvalue weighted by molar-refractivity contribution is 0.0966. The number of amides is 2. The summed E-state index contributed by atoms with van der Waals surface area (Å²) in [5.41, 5.74) is 15.5. The van der Waals surface area contributed by atoms with Crippen molar-refractivity contribution in [1.29, 1.82) is 0 Å². The third kappa shape index (κ3) is 5.40. The number of benzene rings is 1. The molecule has 4 nitrogen and oxygen atoms in total. The van der Waals surface area contributed by atoms with Crippen LogP contribution in [-0.4, -0.2) is 11.8 Å². The Morgan fingerprint density at radius 2 is 1.70 bits per heavy atom. The van der Waals surface area contributed by atoms with Gasteiger partial charge in [-0.3, -0.25) is 9.59 Å². The van der Waals surface area contributed by atoms with E-state index in [1.165, 1.54) is 11.1 Å². The smallest absolute Gasteiger partial charge is 0.249 e. The van der Waals surface area contributed by atoms with Gasteiger partial charge in [-0.1, -0.05) is 29.4 Å². The Balaban J connectivity index is 3.08. The third-order valence-corrected chi connectivity index (χ3v) is 3.80. The maximum atomic E-state index is 11.8. The number of hydrogen-bond donors (Lipinski definition) is 2. The minimum atomic E-state index is -0.635. The van der Waals surface area contributed by atoms with E-state index in [2.05, 4.69) is 32.9 Å². The van der Waals surface area contributed by atoms with E-state index < -0.39 is 11.8 Å². The van der Waals surface area contributed by atoms with E-state index in [0.29, 0.717) is 6.42 Å². The van der Waals surface area contributed by atoms with Crippen LogP contribution in [0.3, 0.4) is 0 Å². The molecule has 1 aromatic carbocycles. The third-order valence-electron chi connectivity index (χ3n) is 3.80. The van der Waals surface area contributed by atoms with Gasteiger partial charge in [0.25, 0.3) is 0 Å². The number of rotatable bonds is 7. The summed E-state index contributed by atoms with van der Waals surface area (Å²) >= 11 is 0. The number of nitrogens with two attached hydrogens (primary N) is 2. The molecule has 1 rings (SSSR count). The fourth-order valence-electron chi connectivity index (χ4n) is 2.47. The highest BCUT2D eigenvalue weighted by atomic mass is 16.2. The van der Waals surface area contributed by atoms with Gasteiger partial charge >= 0.3 is 0 Å². The molecule has 23 heavy (non-hydrogen) atoms. The van der Waals surface area contributed by atoms with Gasteiger partial charge in [-0.25, -0.2) is 0 Å². The van der Waals surface area contributed by atoms with Crippen LogP contribution in [0, 0.1) is 6.92 Å². The zero-order valence-corrected chi connectivity index (χ0v) is 14.4. The topological polar surface area (TPSA) is 86.2 Å². The van der Waals surface area contributed by atoms with Gasteiger partial charge in [0.05, 0.1) is 11.1 Å². The summed E-state index contributed by atoms with van der Waals surface area (Å²) in [5.74, 6) is -1.25. The lowest BCUT2D eigenvalue weighted by atomic mass is 9.92. The van der Waals surface area contributed by atoms with Crippen molar-refractivity contribution < 1.29 is 9.59 Å². The van der Waals surface area contributed by atoms with Crippen molar-refractivity contribution in [2.75, 3.05) is 0 Å². The van der Waals surface area contributed by atoms with Crippen LogP contribution in [0.5, 0.6) is 0 Å². The van der Waals surface area contributed by atoms with E-state index in [1.807, 2.05) is 6.92 Å². The number of primary amides is 2. The molecule has 4 N–H and O–H groups in total. The maximum Gasteiger partial charge on any atom is 0.249 e. The minimum absolute atomic E-state index is 0.189. The Kier molecular flexibility index (Phi) is 6.76. The Labute approximate surface area is 138 Å². The molecule has 4 heteroatoms. The normalized spacial score (nSPS) is 11.2. The quantitative estimate of drug-likeness (QED) is 0.755. The largest absolute Gasteiger partial charge is 0.366 e. The molecule has 0 heterocycles. The van der Waals surface area contributed by atoms with Crippen LogP contribution < -0.4 is 11.5 Å². The van der Waals surface area contributed by atoms with Gasteiger partial charge < -0.3 is 11.5 Å². The van der Waals surface area contributed by atoms with E-state index in [1.54, 1.807) is 12.1 Å². The summed E-state index contributed by atoms with van der Waals surface area (Å²) in [7, 11) is 0. The van der Waals surface area contributed by atoms with E-state index in [4.69, 9.17) is 11.5 Å². The van der Waals surface area contributed by atoms with E-state index >= 15 is 0 Å². The molecule has 0 saturated heterocycles. The zero-order chi connectivity index (χ0) is 17.6. The van der Waals surface area contributed by atoms with Gasteiger partial charge in [-0.15, -0.1) is 0 Å². The molecule has 0 atom stereocenters. The van der Waals surface area contributed by atoms with Gasteiger partial charge in [0.2, 0.25) is 11.8 Å². The average Bonchev–Trinajstić information content (AvgIpc) is 2.44. The molecule has 0 saturated carbocycles. The first-order valence-corrected chi connectivity index (χ1v) is 7.75. The molecular weight excluding hydrogens is 288 g/mol. The van der Waals surface area contributed by atoms with Crippen molar-refractivity contribution in [1.82, 2.24) is 0 Å². The van der Waals surface area contributed by atoms with Crippen molar-refractivity contribution in [3.8, 4) is 0 Å². The summed E-state index contributed by atoms with van der Waals surface area (Å²) in [6, 6.07) is 3.36. The SMILES string of the molecule is CC(C)=CCC/C(C)=C/Cc1c(C)ccc(C(N)=O)c1C(N)=O. The summed E-state index contributed by atoms with van der Waals surface area (Å²) in [6.07, 6.45) is 6.80. The van der Waals surface area contributed by atoms with Crippen molar-refractivity contribution in [2.45, 2.75) is 47.0 Å². The highest BCUT2D eigenvalue weighted by molar-refractivity contribution is 6.07. The minimum Gasteiger partial charge on any atom is -0.366 e. The number of allylic oxidation sites excluding steroid dienone is 4. The fourth-order valence-corrected chi connectivity index (χ4v) is 2.47. The van der Waals surface area contributed by atoms with Crippen LogP contribution in [-0.2, 0) is 6.42 Å². The number of carbonyl (C=O) groups is 2. The molecule has 0 aromatic heterocycles. The summed E-state index contributed by atoms with van der Waals surface area (Å²) < 4.78 is 0. The van der Waals surface area contributed by atoms with Gasteiger partial charge in [0, 0.05) is 0 Å². The second-order valence-electron chi connectivity index (χ2n) is 6.09. The molecule has 0 aliphatic heterocycles. The second-order valence-corrected chi connectivity index (χ2v) is 6.09. The standard InChI is InChI=1S/C19H26N2O2/c1-12(2)6-5-7-13(3)8-10-15-14(4)9-11-16(18(20)22)17(15)19(21)23/h6,8-9,11H,5,7,10H2,1-4H3,(H2,20,22)(H2,21,23)/b13-8+. The Morgan fingerprint density at radius 1 is 1.04 bits per heavy atom. The maximum absolute atomic E-state index is 11.8. The van der Waals surface area contributed by atoms with Gasteiger partial charge in [-0.05, 0) is 64.2 Å². The lowest BCUT2D eigenvalue weighted by Gasteiger charge is -2.12. The molecule has 0 radical (unpaired) electrons. The van der Waals surface area contributed by atoms with E-state index in [0.717, 1.165) is 24.0 Å². The van der Waals surface area contributed by atoms with Crippen LogP contribution in [0.2, 0.25) is 0 Å². The first-order valence-electron chi connectivity index (χ1n) is 7.75. The molecule has 0 bridgehead atoms. The highest BCUT2D eigenvalue weighted by Gasteiger charge is 2.18. The summed E-state index contributed by atoms with van der Waals surface area (Å²) in [5, 5.41) is 0. The molecule has 0 unspecified atom stereocenters. The second kappa shape index (κ2) is 8.32.